The van der Waals surface area contributed by atoms with E-state index in [-0.39, 0.29) is 17.5 Å². The van der Waals surface area contributed by atoms with Crippen molar-refractivity contribution in [2.24, 2.45) is 0 Å². The minimum Gasteiger partial charge on any atom is -0.433 e. The number of halogens is 2. The monoisotopic (exact) mass is 478 g/mol. The van der Waals surface area contributed by atoms with Crippen molar-refractivity contribution < 1.29 is 22.7 Å². The summed E-state index contributed by atoms with van der Waals surface area (Å²) in [5, 5.41) is 12.4. The van der Waals surface area contributed by atoms with Gasteiger partial charge in [-0.25, -0.2) is 9.50 Å². The first-order valence-electron chi connectivity index (χ1n) is 10.6. The van der Waals surface area contributed by atoms with Crippen molar-refractivity contribution >= 4 is 11.4 Å². The first-order chi connectivity index (χ1) is 17.1. The molecule has 5 aromatic rings. The minimum absolute atomic E-state index is 0.0332. The molecule has 0 saturated carbocycles. The maximum absolute atomic E-state index is 13.5. The summed E-state index contributed by atoms with van der Waals surface area (Å²) in [5.74, 6) is -0.641. The largest absolute Gasteiger partial charge is 0.433 e. The molecular formula is C22H16F2N8O3. The molecule has 6 rings (SSSR count). The standard InChI is InChI=1S/C22H16F2N8O3/c23-22(24)34-16-5-3-8-32-15(16)10-14(30-32)18-17-12(26-11-27-17)6-9-31(18)21(33)20-29-28-19(35-20)13-4-1-2-7-25-13/h1-5,7-8,10-11,18,22H,6,9H2,(H,26,27)/t18-/m0/s1. The Kier molecular flexibility index (Phi) is 4.94. The van der Waals surface area contributed by atoms with Gasteiger partial charge in [0, 0.05) is 31.1 Å². The molecule has 0 spiro atoms. The number of nitrogens with one attached hydrogen (secondary N) is 1. The molecule has 0 unspecified atom stereocenters. The Hall–Kier alpha value is -4.68. The summed E-state index contributed by atoms with van der Waals surface area (Å²) in [6.07, 6.45) is 5.25. The van der Waals surface area contributed by atoms with Gasteiger partial charge in [-0.15, -0.1) is 10.2 Å². The molecule has 35 heavy (non-hydrogen) atoms. The van der Waals surface area contributed by atoms with E-state index in [1.165, 1.54) is 15.5 Å². The number of carbonyl (C=O) groups is 1. The average Bonchev–Trinajstić information content (AvgIpc) is 3.63. The van der Waals surface area contributed by atoms with Crippen LogP contribution in [0.2, 0.25) is 0 Å². The molecule has 0 saturated heterocycles. The Morgan fingerprint density at radius 1 is 1.20 bits per heavy atom. The van der Waals surface area contributed by atoms with Crippen LogP contribution in [-0.4, -0.2) is 58.7 Å². The molecular weight excluding hydrogens is 462 g/mol. The van der Waals surface area contributed by atoms with Crippen molar-refractivity contribution in [3.63, 3.8) is 0 Å². The van der Waals surface area contributed by atoms with E-state index in [1.807, 2.05) is 0 Å². The Bertz CT molecular complexity index is 1510. The smallest absolute Gasteiger partial charge is 0.387 e. The first-order valence-corrected chi connectivity index (χ1v) is 10.6. The van der Waals surface area contributed by atoms with Crippen LogP contribution in [0, 0.1) is 0 Å². The lowest BCUT2D eigenvalue weighted by Crippen LogP contribution is -2.41. The molecule has 176 valence electrons. The van der Waals surface area contributed by atoms with Crippen LogP contribution in [0.3, 0.4) is 0 Å². The number of hydrogen-bond donors (Lipinski definition) is 1. The van der Waals surface area contributed by atoms with Gasteiger partial charge >= 0.3 is 18.4 Å². The van der Waals surface area contributed by atoms with Gasteiger partial charge in [-0.05, 0) is 30.3 Å². The number of nitrogens with zero attached hydrogens (tertiary/aromatic N) is 7. The minimum atomic E-state index is -2.99. The molecule has 0 aromatic carbocycles. The summed E-state index contributed by atoms with van der Waals surface area (Å²) in [6.45, 7) is -2.68. The molecule has 0 fully saturated rings. The number of carbonyl (C=O) groups excluding carboxylic acids is 1. The van der Waals surface area contributed by atoms with Crippen molar-refractivity contribution in [3.05, 3.63) is 78.1 Å². The lowest BCUT2D eigenvalue weighted by atomic mass is 9.99. The molecule has 1 aliphatic rings. The van der Waals surface area contributed by atoms with E-state index in [0.717, 1.165) is 5.69 Å². The highest BCUT2D eigenvalue weighted by Gasteiger charge is 2.38. The van der Waals surface area contributed by atoms with Gasteiger partial charge < -0.3 is 19.0 Å². The summed E-state index contributed by atoms with van der Waals surface area (Å²) in [4.78, 5) is 26.7. The lowest BCUT2D eigenvalue weighted by molar-refractivity contribution is -0.0490. The predicted octanol–water partition coefficient (Wildman–Crippen LogP) is 2.89. The third-order valence-corrected chi connectivity index (χ3v) is 5.66. The Labute approximate surface area is 195 Å². The van der Waals surface area contributed by atoms with E-state index in [1.54, 1.807) is 49.1 Å². The van der Waals surface area contributed by atoms with Gasteiger partial charge in [-0.2, -0.15) is 13.9 Å². The third kappa shape index (κ3) is 3.66. The molecule has 13 heteroatoms. The highest BCUT2D eigenvalue weighted by atomic mass is 19.3. The van der Waals surface area contributed by atoms with Crippen LogP contribution in [0.15, 0.2) is 59.5 Å². The van der Waals surface area contributed by atoms with E-state index in [2.05, 4.69) is 35.0 Å². The molecule has 0 aliphatic carbocycles. The van der Waals surface area contributed by atoms with E-state index in [4.69, 9.17) is 4.42 Å². The number of hydrogen-bond acceptors (Lipinski definition) is 8. The second kappa shape index (κ2) is 8.27. The summed E-state index contributed by atoms with van der Waals surface area (Å²) < 4.78 is 37.5. The predicted molar refractivity (Wildman–Crippen MR) is 115 cm³/mol. The molecule has 0 bridgehead atoms. The fourth-order valence-electron chi connectivity index (χ4n) is 4.16. The molecule has 5 aromatic heterocycles. The number of aromatic nitrogens is 7. The fraction of sp³-hybridized carbons (Fsp3) is 0.182. The lowest BCUT2D eigenvalue weighted by Gasteiger charge is -2.32. The maximum atomic E-state index is 13.5. The number of alkyl halides is 2. The summed E-state index contributed by atoms with van der Waals surface area (Å²) in [5.41, 5.74) is 2.62. The fourth-order valence-corrected chi connectivity index (χ4v) is 4.16. The Balaban J connectivity index is 1.40. The van der Waals surface area contributed by atoms with Crippen LogP contribution >= 0.6 is 0 Å². The summed E-state index contributed by atoms with van der Waals surface area (Å²) in [6, 6.07) is 9.05. The number of amides is 1. The van der Waals surface area contributed by atoms with Gasteiger partial charge in [-0.3, -0.25) is 9.78 Å². The normalized spacial score (nSPS) is 15.5. The van der Waals surface area contributed by atoms with Crippen LogP contribution in [0.25, 0.3) is 17.1 Å². The molecule has 0 radical (unpaired) electrons. The van der Waals surface area contributed by atoms with Crippen molar-refractivity contribution in [2.75, 3.05) is 6.54 Å². The zero-order chi connectivity index (χ0) is 23.9. The Morgan fingerprint density at radius 3 is 2.94 bits per heavy atom. The van der Waals surface area contributed by atoms with Crippen LogP contribution in [0.5, 0.6) is 5.75 Å². The topological polar surface area (TPSA) is 127 Å². The molecule has 6 heterocycles. The van der Waals surface area contributed by atoms with Crippen molar-refractivity contribution in [2.45, 2.75) is 19.1 Å². The van der Waals surface area contributed by atoms with Crippen molar-refractivity contribution in [1.82, 2.24) is 39.7 Å². The number of rotatable bonds is 5. The first kappa shape index (κ1) is 20.9. The van der Waals surface area contributed by atoms with E-state index >= 15 is 0 Å². The van der Waals surface area contributed by atoms with Crippen LogP contribution in [0.4, 0.5) is 8.78 Å². The number of pyridine rings is 2. The number of fused-ring (bicyclic) bond motifs is 2. The van der Waals surface area contributed by atoms with Gasteiger partial charge in [0.1, 0.15) is 17.3 Å². The maximum Gasteiger partial charge on any atom is 0.387 e. The highest BCUT2D eigenvalue weighted by molar-refractivity contribution is 5.90. The summed E-state index contributed by atoms with van der Waals surface area (Å²) >= 11 is 0. The quantitative estimate of drug-likeness (QED) is 0.409. The Morgan fingerprint density at radius 2 is 2.11 bits per heavy atom. The average molecular weight is 478 g/mol. The second-order valence-electron chi connectivity index (χ2n) is 7.69. The highest BCUT2D eigenvalue weighted by Crippen LogP contribution is 2.35. The van der Waals surface area contributed by atoms with Gasteiger partial charge in [0.05, 0.1) is 17.7 Å². The van der Waals surface area contributed by atoms with E-state index in [9.17, 15) is 13.6 Å². The van der Waals surface area contributed by atoms with Gasteiger partial charge in [0.15, 0.2) is 5.75 Å². The third-order valence-electron chi connectivity index (χ3n) is 5.66. The van der Waals surface area contributed by atoms with Crippen molar-refractivity contribution in [3.8, 4) is 17.3 Å². The second-order valence-corrected chi connectivity index (χ2v) is 7.69. The zero-order valence-corrected chi connectivity index (χ0v) is 17.9. The summed E-state index contributed by atoms with van der Waals surface area (Å²) in [7, 11) is 0. The number of aromatic amines is 1. The SMILES string of the molecule is O=C(c1nnc(-c2ccccn2)o1)N1CCc2[nH]cnc2[C@@H]1c1cc2c(OC(F)F)cccn2n1. The van der Waals surface area contributed by atoms with E-state index < -0.39 is 18.6 Å². The molecule has 1 N–H and O–H groups in total. The number of H-pyrrole nitrogens is 1. The molecule has 1 aliphatic heterocycles. The van der Waals surface area contributed by atoms with Gasteiger partial charge in [-0.1, -0.05) is 6.07 Å². The number of ether oxygens (including phenoxy) is 1. The van der Waals surface area contributed by atoms with Crippen molar-refractivity contribution in [1.29, 1.82) is 0 Å². The van der Waals surface area contributed by atoms with E-state index in [0.29, 0.717) is 35.6 Å². The molecule has 1 atom stereocenters. The van der Waals surface area contributed by atoms with Crippen LogP contribution < -0.4 is 4.74 Å². The molecule has 1 amide bonds. The number of imidazole rings is 1. The van der Waals surface area contributed by atoms with Gasteiger partial charge in [0.2, 0.25) is 0 Å². The zero-order valence-electron chi connectivity index (χ0n) is 17.9. The van der Waals surface area contributed by atoms with Crippen LogP contribution in [0.1, 0.15) is 33.8 Å². The van der Waals surface area contributed by atoms with Crippen LogP contribution in [-0.2, 0) is 6.42 Å². The van der Waals surface area contributed by atoms with Gasteiger partial charge in [0.25, 0.3) is 5.89 Å². The molecule has 11 nitrogen and oxygen atoms in total.